The van der Waals surface area contributed by atoms with Crippen LogP contribution in [-0.2, 0) is 4.74 Å². The third-order valence-corrected chi connectivity index (χ3v) is 2.97. The van der Waals surface area contributed by atoms with Crippen LogP contribution in [0, 0.1) is 0 Å². The summed E-state index contributed by atoms with van der Waals surface area (Å²) in [6.07, 6.45) is 2.61. The van der Waals surface area contributed by atoms with E-state index in [4.69, 9.17) is 15.7 Å². The van der Waals surface area contributed by atoms with Gasteiger partial charge in [0, 0.05) is 25.4 Å². The lowest BCUT2D eigenvalue weighted by molar-refractivity contribution is 0.193. The number of anilines is 1. The van der Waals surface area contributed by atoms with Gasteiger partial charge in [-0.15, -0.1) is 0 Å². The zero-order valence-corrected chi connectivity index (χ0v) is 9.71. The first-order valence-electron chi connectivity index (χ1n) is 5.47. The monoisotopic (exact) mass is 236 g/mol. The minimum absolute atomic E-state index is 0.0657. The van der Waals surface area contributed by atoms with Gasteiger partial charge < -0.3 is 20.6 Å². The van der Waals surface area contributed by atoms with E-state index < -0.39 is 0 Å². The second kappa shape index (κ2) is 5.01. The van der Waals surface area contributed by atoms with E-state index >= 15 is 0 Å². The summed E-state index contributed by atoms with van der Waals surface area (Å²) in [5.41, 5.74) is 6.07. The molecule has 6 heteroatoms. The van der Waals surface area contributed by atoms with E-state index in [0.29, 0.717) is 11.6 Å². The van der Waals surface area contributed by atoms with E-state index in [1.807, 2.05) is 13.1 Å². The molecule has 17 heavy (non-hydrogen) atoms. The van der Waals surface area contributed by atoms with Gasteiger partial charge in [0.05, 0.1) is 12.6 Å². The fraction of sp³-hybridized carbons (Fsp3) is 0.455. The Kier molecular flexibility index (Phi) is 3.43. The quantitative estimate of drug-likeness (QED) is 0.343. The molecular formula is C11H16N4O2. The van der Waals surface area contributed by atoms with Gasteiger partial charge in [-0.3, -0.25) is 0 Å². The molecule has 1 atom stereocenters. The molecule has 1 aliphatic heterocycles. The van der Waals surface area contributed by atoms with Crippen molar-refractivity contribution in [3.05, 3.63) is 23.9 Å². The Bertz CT molecular complexity index is 398. The van der Waals surface area contributed by atoms with Gasteiger partial charge in [0.15, 0.2) is 5.84 Å². The summed E-state index contributed by atoms with van der Waals surface area (Å²) < 4.78 is 5.34. The van der Waals surface area contributed by atoms with Gasteiger partial charge in [0.25, 0.3) is 0 Å². The molecule has 1 unspecified atom stereocenters. The molecule has 1 fully saturated rings. The molecule has 0 aromatic carbocycles. The Balaban J connectivity index is 2.11. The van der Waals surface area contributed by atoms with Crippen LogP contribution in [0.1, 0.15) is 12.0 Å². The van der Waals surface area contributed by atoms with E-state index in [1.165, 1.54) is 0 Å². The minimum Gasteiger partial charge on any atom is -0.409 e. The molecule has 0 amide bonds. The molecule has 1 saturated heterocycles. The number of amidine groups is 1. The summed E-state index contributed by atoms with van der Waals surface area (Å²) in [5.74, 6) is 0.922. The number of rotatable bonds is 3. The van der Waals surface area contributed by atoms with Gasteiger partial charge in [0.1, 0.15) is 5.82 Å². The molecule has 0 aliphatic carbocycles. The van der Waals surface area contributed by atoms with Crippen LogP contribution in [0.15, 0.2) is 23.5 Å². The molecule has 0 spiro atoms. The van der Waals surface area contributed by atoms with Crippen molar-refractivity contribution in [2.24, 2.45) is 10.9 Å². The number of aromatic nitrogens is 1. The standard InChI is InChI=1S/C11H16N4O2/c1-15(9-4-5-17-7-9)10-3-2-8(6-13-10)11(12)14-16/h2-3,6,9,16H,4-5,7H2,1H3,(H2,12,14). The molecular weight excluding hydrogens is 220 g/mol. The first-order valence-corrected chi connectivity index (χ1v) is 5.47. The topological polar surface area (TPSA) is 84.0 Å². The Morgan fingerprint density at radius 1 is 1.65 bits per heavy atom. The maximum Gasteiger partial charge on any atom is 0.171 e. The normalized spacial score (nSPS) is 20.5. The molecule has 1 aromatic rings. The van der Waals surface area contributed by atoms with Crippen molar-refractivity contribution in [3.8, 4) is 0 Å². The van der Waals surface area contributed by atoms with E-state index in [9.17, 15) is 0 Å². The third-order valence-electron chi connectivity index (χ3n) is 2.97. The van der Waals surface area contributed by atoms with Crippen molar-refractivity contribution < 1.29 is 9.94 Å². The number of ether oxygens (including phenoxy) is 1. The zero-order chi connectivity index (χ0) is 12.3. The second-order valence-electron chi connectivity index (χ2n) is 4.02. The number of hydrogen-bond donors (Lipinski definition) is 2. The maximum atomic E-state index is 8.55. The lowest BCUT2D eigenvalue weighted by Crippen LogP contribution is -2.32. The smallest absolute Gasteiger partial charge is 0.171 e. The van der Waals surface area contributed by atoms with Crippen LogP contribution in [-0.4, -0.2) is 42.3 Å². The fourth-order valence-corrected chi connectivity index (χ4v) is 1.82. The van der Waals surface area contributed by atoms with Crippen LogP contribution in [0.5, 0.6) is 0 Å². The lowest BCUT2D eigenvalue weighted by atomic mass is 10.2. The first kappa shape index (κ1) is 11.7. The molecule has 1 aliphatic rings. The predicted molar refractivity (Wildman–Crippen MR) is 64.4 cm³/mol. The van der Waals surface area contributed by atoms with Crippen LogP contribution in [0.25, 0.3) is 0 Å². The summed E-state index contributed by atoms with van der Waals surface area (Å²) in [6, 6.07) is 4.01. The van der Waals surface area contributed by atoms with Crippen LogP contribution in [0.4, 0.5) is 5.82 Å². The van der Waals surface area contributed by atoms with Crippen molar-refractivity contribution in [1.29, 1.82) is 0 Å². The van der Waals surface area contributed by atoms with Crippen LogP contribution < -0.4 is 10.6 Å². The van der Waals surface area contributed by atoms with E-state index in [-0.39, 0.29) is 5.84 Å². The summed E-state index contributed by atoms with van der Waals surface area (Å²) in [6.45, 7) is 1.54. The summed E-state index contributed by atoms with van der Waals surface area (Å²) in [7, 11) is 1.99. The van der Waals surface area contributed by atoms with Gasteiger partial charge in [-0.1, -0.05) is 5.16 Å². The zero-order valence-electron chi connectivity index (χ0n) is 9.71. The van der Waals surface area contributed by atoms with E-state index in [0.717, 1.165) is 25.5 Å². The van der Waals surface area contributed by atoms with Gasteiger partial charge in [-0.05, 0) is 18.6 Å². The summed E-state index contributed by atoms with van der Waals surface area (Å²) >= 11 is 0. The summed E-state index contributed by atoms with van der Waals surface area (Å²) in [4.78, 5) is 6.38. The highest BCUT2D eigenvalue weighted by Crippen LogP contribution is 2.17. The fourth-order valence-electron chi connectivity index (χ4n) is 1.82. The third kappa shape index (κ3) is 2.47. The SMILES string of the molecule is CN(c1ccc(/C(N)=N/O)cn1)C1CCOC1. The Hall–Kier alpha value is -1.82. The van der Waals surface area contributed by atoms with Crippen molar-refractivity contribution in [3.63, 3.8) is 0 Å². The predicted octanol–water partition coefficient (Wildman–Crippen LogP) is 0.401. The number of likely N-dealkylation sites (N-methyl/N-ethyl adjacent to an activating group) is 1. The van der Waals surface area contributed by atoms with E-state index in [1.54, 1.807) is 12.3 Å². The van der Waals surface area contributed by atoms with Crippen molar-refractivity contribution in [1.82, 2.24) is 4.98 Å². The summed E-state index contributed by atoms with van der Waals surface area (Å²) in [5, 5.41) is 11.5. The van der Waals surface area contributed by atoms with Crippen LogP contribution >= 0.6 is 0 Å². The highest BCUT2D eigenvalue weighted by atomic mass is 16.5. The average molecular weight is 236 g/mol. The molecule has 1 aromatic heterocycles. The molecule has 2 rings (SSSR count). The van der Waals surface area contributed by atoms with Gasteiger partial charge in [-0.2, -0.15) is 0 Å². The lowest BCUT2D eigenvalue weighted by Gasteiger charge is -2.24. The second-order valence-corrected chi connectivity index (χ2v) is 4.02. The molecule has 92 valence electrons. The molecule has 3 N–H and O–H groups in total. The number of oxime groups is 1. The van der Waals surface area contributed by atoms with Gasteiger partial charge >= 0.3 is 0 Å². The Morgan fingerprint density at radius 3 is 3.00 bits per heavy atom. The Morgan fingerprint density at radius 2 is 2.47 bits per heavy atom. The molecule has 2 heterocycles. The molecule has 0 bridgehead atoms. The number of hydrogen-bond acceptors (Lipinski definition) is 5. The number of pyridine rings is 1. The first-order chi connectivity index (χ1) is 8.22. The largest absolute Gasteiger partial charge is 0.409 e. The number of nitrogens with zero attached hydrogens (tertiary/aromatic N) is 3. The highest BCUT2D eigenvalue weighted by Gasteiger charge is 2.21. The van der Waals surface area contributed by atoms with E-state index in [2.05, 4.69) is 15.0 Å². The van der Waals surface area contributed by atoms with Crippen molar-refractivity contribution in [2.75, 3.05) is 25.2 Å². The Labute approximate surface area is 99.7 Å². The minimum atomic E-state index is 0.0657. The van der Waals surface area contributed by atoms with Gasteiger partial charge in [-0.25, -0.2) is 4.98 Å². The molecule has 0 radical (unpaired) electrons. The average Bonchev–Trinajstić information content (AvgIpc) is 2.91. The molecule has 0 saturated carbocycles. The van der Waals surface area contributed by atoms with Crippen molar-refractivity contribution in [2.45, 2.75) is 12.5 Å². The van der Waals surface area contributed by atoms with Gasteiger partial charge in [0.2, 0.25) is 0 Å². The van der Waals surface area contributed by atoms with Crippen LogP contribution in [0.2, 0.25) is 0 Å². The maximum absolute atomic E-state index is 8.55. The van der Waals surface area contributed by atoms with Crippen LogP contribution in [0.3, 0.4) is 0 Å². The highest BCUT2D eigenvalue weighted by molar-refractivity contribution is 5.96. The number of nitrogens with two attached hydrogens (primary N) is 1. The van der Waals surface area contributed by atoms with Crippen molar-refractivity contribution >= 4 is 11.7 Å². The molecule has 6 nitrogen and oxygen atoms in total.